The van der Waals surface area contributed by atoms with Gasteiger partial charge in [0.1, 0.15) is 6.10 Å². The molecule has 0 aliphatic heterocycles. The van der Waals surface area contributed by atoms with E-state index in [0.717, 1.165) is 4.88 Å². The predicted molar refractivity (Wildman–Crippen MR) is 146 cm³/mol. The molecule has 2 aliphatic rings. The van der Waals surface area contributed by atoms with Gasteiger partial charge in [0.15, 0.2) is 0 Å². The van der Waals surface area contributed by atoms with E-state index < -0.39 is 29.1 Å². The number of rotatable bonds is 7. The first kappa shape index (κ1) is 28.2. The number of nitrogens with one attached hydrogen (secondary N) is 2. The third-order valence-electron chi connectivity index (χ3n) is 8.54. The summed E-state index contributed by atoms with van der Waals surface area (Å²) in [5.41, 5.74) is -0.663. The number of amides is 2. The number of thiophene rings is 1. The van der Waals surface area contributed by atoms with Crippen molar-refractivity contribution < 1.29 is 24.5 Å². The lowest BCUT2D eigenvalue weighted by Crippen LogP contribution is -2.61. The zero-order valence-corrected chi connectivity index (χ0v) is 23.3. The molecule has 6 atom stereocenters. The van der Waals surface area contributed by atoms with Crippen LogP contribution in [-0.2, 0) is 16.1 Å². The van der Waals surface area contributed by atoms with Crippen molar-refractivity contribution in [3.8, 4) is 0 Å². The number of halogens is 2. The number of ether oxygens (including phenoxy) is 1. The van der Waals surface area contributed by atoms with Crippen molar-refractivity contribution in [2.24, 2.45) is 22.7 Å². The van der Waals surface area contributed by atoms with Gasteiger partial charge in [0.05, 0.1) is 29.3 Å². The molecule has 2 aliphatic carbocycles. The fraction of sp³-hybridized carbons (Fsp3) is 0.556. The van der Waals surface area contributed by atoms with Gasteiger partial charge in [0.2, 0.25) is 5.91 Å². The van der Waals surface area contributed by atoms with Gasteiger partial charge in [-0.3, -0.25) is 10.1 Å². The maximum absolute atomic E-state index is 12.9. The average Bonchev–Trinajstić information content (AvgIpc) is 3.38. The van der Waals surface area contributed by atoms with Crippen molar-refractivity contribution in [2.75, 3.05) is 11.9 Å². The molecule has 0 spiro atoms. The summed E-state index contributed by atoms with van der Waals surface area (Å²) < 4.78 is 5.86. The van der Waals surface area contributed by atoms with E-state index in [2.05, 4.69) is 17.6 Å². The Hall–Kier alpha value is -1.84. The minimum atomic E-state index is -0.728. The topological polar surface area (TPSA) is 108 Å². The van der Waals surface area contributed by atoms with E-state index in [1.165, 1.54) is 0 Å². The number of benzene rings is 1. The fourth-order valence-electron chi connectivity index (χ4n) is 6.50. The third-order valence-corrected chi connectivity index (χ3v) is 10.2. The molecule has 0 unspecified atom stereocenters. The lowest BCUT2D eigenvalue weighted by atomic mass is 9.46. The highest BCUT2D eigenvalue weighted by molar-refractivity contribution is 7.09. The van der Waals surface area contributed by atoms with E-state index in [4.69, 9.17) is 27.9 Å². The van der Waals surface area contributed by atoms with Crippen LogP contribution in [0.5, 0.6) is 0 Å². The minimum absolute atomic E-state index is 0.0416. The minimum Gasteiger partial charge on any atom is -0.445 e. The van der Waals surface area contributed by atoms with Gasteiger partial charge in [-0.25, -0.2) is 4.79 Å². The standard InChI is InChI=1S/C27H34Cl2N2O5S/c1-26-10-9-23(36-25(35)31-16-5-6-19(28)20(29)12-16)27(2,15-32)22(26)8-7-21(33)18(26)13-24(34)30-14-17-4-3-11-37-17/h3-6,11-12,18,21-23,32-33H,7-10,13-15H2,1-2H3,(H,30,34)(H,31,35)/t18-,21-,22+,23-,26+,27+/m1/s1. The highest BCUT2D eigenvalue weighted by Gasteiger charge is 2.60. The second kappa shape index (κ2) is 11.5. The summed E-state index contributed by atoms with van der Waals surface area (Å²) in [6.45, 7) is 4.35. The van der Waals surface area contributed by atoms with E-state index in [-0.39, 0.29) is 30.8 Å². The summed E-state index contributed by atoms with van der Waals surface area (Å²) in [5, 5.41) is 29.9. The summed E-state index contributed by atoms with van der Waals surface area (Å²) in [5.74, 6) is -0.393. The molecular formula is C27H34Cl2N2O5S. The molecule has 2 aromatic rings. The monoisotopic (exact) mass is 568 g/mol. The number of aliphatic hydroxyl groups is 2. The number of carbonyl (C=O) groups is 2. The number of fused-ring (bicyclic) bond motifs is 1. The van der Waals surface area contributed by atoms with E-state index in [0.29, 0.717) is 48.0 Å². The van der Waals surface area contributed by atoms with Crippen LogP contribution in [-0.4, -0.2) is 41.0 Å². The Bertz CT molecular complexity index is 1120. The van der Waals surface area contributed by atoms with Crippen molar-refractivity contribution in [1.82, 2.24) is 5.32 Å². The molecule has 1 aromatic heterocycles. The summed E-state index contributed by atoms with van der Waals surface area (Å²) in [6.07, 6.45) is 0.833. The SMILES string of the molecule is C[C@]1(CO)[C@H]2CC[C@@H](O)[C@@H](CC(=O)NCc3cccs3)[C@]2(C)CC[C@H]1OC(=O)Nc1ccc(Cl)c(Cl)c1. The van der Waals surface area contributed by atoms with Crippen LogP contribution in [0.1, 0.15) is 50.8 Å². The Morgan fingerprint density at radius 3 is 2.62 bits per heavy atom. The van der Waals surface area contributed by atoms with Gasteiger partial charge in [0.25, 0.3) is 0 Å². The molecule has 2 saturated carbocycles. The molecule has 2 amide bonds. The highest BCUT2D eigenvalue weighted by Crippen LogP contribution is 2.61. The van der Waals surface area contributed by atoms with Gasteiger partial charge in [-0.1, -0.05) is 43.1 Å². The molecule has 4 N–H and O–H groups in total. The molecule has 7 nitrogen and oxygen atoms in total. The van der Waals surface area contributed by atoms with Crippen LogP contribution in [0.4, 0.5) is 10.5 Å². The number of anilines is 1. The van der Waals surface area contributed by atoms with Crippen LogP contribution < -0.4 is 10.6 Å². The first-order valence-corrected chi connectivity index (χ1v) is 14.2. The molecule has 0 radical (unpaired) electrons. The van der Waals surface area contributed by atoms with E-state index in [9.17, 15) is 19.8 Å². The van der Waals surface area contributed by atoms with Crippen LogP contribution in [0.25, 0.3) is 0 Å². The normalized spacial score (nSPS) is 31.3. The third kappa shape index (κ3) is 5.93. The molecule has 1 aromatic carbocycles. The molecule has 10 heteroatoms. The Kier molecular flexibility index (Phi) is 8.75. The van der Waals surface area contributed by atoms with Crippen LogP contribution in [0.15, 0.2) is 35.7 Å². The molecule has 1 heterocycles. The maximum atomic E-state index is 12.9. The molecule has 37 heavy (non-hydrogen) atoms. The van der Waals surface area contributed by atoms with E-state index in [1.54, 1.807) is 29.5 Å². The van der Waals surface area contributed by atoms with Gasteiger partial charge >= 0.3 is 6.09 Å². The van der Waals surface area contributed by atoms with Crippen LogP contribution >= 0.6 is 34.5 Å². The smallest absolute Gasteiger partial charge is 0.411 e. The van der Waals surface area contributed by atoms with Gasteiger partial charge in [0, 0.05) is 22.4 Å². The summed E-state index contributed by atoms with van der Waals surface area (Å²) >= 11 is 13.6. The molecule has 4 rings (SSSR count). The molecular weight excluding hydrogens is 535 g/mol. The predicted octanol–water partition coefficient (Wildman–Crippen LogP) is 5.86. The number of hydrogen-bond acceptors (Lipinski definition) is 6. The summed E-state index contributed by atoms with van der Waals surface area (Å²) in [6, 6.07) is 8.70. The number of aliphatic hydroxyl groups excluding tert-OH is 2. The number of carbonyl (C=O) groups excluding carboxylic acids is 2. The molecule has 0 bridgehead atoms. The zero-order chi connectivity index (χ0) is 26.8. The van der Waals surface area contributed by atoms with Crippen molar-refractivity contribution in [2.45, 2.75) is 64.7 Å². The average molecular weight is 570 g/mol. The maximum Gasteiger partial charge on any atom is 0.411 e. The van der Waals surface area contributed by atoms with Crippen LogP contribution in [0.2, 0.25) is 10.0 Å². The van der Waals surface area contributed by atoms with Crippen LogP contribution in [0, 0.1) is 22.7 Å². The van der Waals surface area contributed by atoms with Gasteiger partial charge < -0.3 is 20.3 Å². The van der Waals surface area contributed by atoms with Crippen molar-refractivity contribution in [3.63, 3.8) is 0 Å². The van der Waals surface area contributed by atoms with Gasteiger partial charge in [-0.2, -0.15) is 0 Å². The summed E-state index contributed by atoms with van der Waals surface area (Å²) in [7, 11) is 0. The fourth-order valence-corrected chi connectivity index (χ4v) is 7.44. The quantitative estimate of drug-likeness (QED) is 0.334. The van der Waals surface area contributed by atoms with Crippen LogP contribution in [0.3, 0.4) is 0 Å². The Morgan fingerprint density at radius 1 is 1.16 bits per heavy atom. The lowest BCUT2D eigenvalue weighted by molar-refractivity contribution is -0.185. The van der Waals surface area contributed by atoms with Crippen molar-refractivity contribution in [3.05, 3.63) is 50.6 Å². The Labute approximate surface area is 231 Å². The van der Waals surface area contributed by atoms with Gasteiger partial charge in [-0.15, -0.1) is 11.3 Å². The largest absolute Gasteiger partial charge is 0.445 e. The van der Waals surface area contributed by atoms with Gasteiger partial charge in [-0.05, 0) is 72.6 Å². The van der Waals surface area contributed by atoms with Crippen molar-refractivity contribution in [1.29, 1.82) is 0 Å². The zero-order valence-electron chi connectivity index (χ0n) is 21.0. The highest BCUT2D eigenvalue weighted by atomic mass is 35.5. The Morgan fingerprint density at radius 2 is 1.95 bits per heavy atom. The molecule has 2 fully saturated rings. The second-order valence-corrected chi connectivity index (χ2v) is 12.6. The molecule has 0 saturated heterocycles. The molecule has 202 valence electrons. The first-order valence-electron chi connectivity index (χ1n) is 12.6. The lowest BCUT2D eigenvalue weighted by Gasteiger charge is -2.60. The second-order valence-electron chi connectivity index (χ2n) is 10.7. The van der Waals surface area contributed by atoms with Crippen molar-refractivity contribution >= 4 is 52.2 Å². The first-order chi connectivity index (χ1) is 17.6. The van der Waals surface area contributed by atoms with E-state index in [1.807, 2.05) is 24.4 Å². The number of hydrogen-bond donors (Lipinski definition) is 4. The Balaban J connectivity index is 1.45. The summed E-state index contributed by atoms with van der Waals surface area (Å²) in [4.78, 5) is 26.7. The van der Waals surface area contributed by atoms with E-state index >= 15 is 0 Å².